The number of benzene rings is 2. The molecule has 2 aliphatic carbocycles. The SMILES string of the molecule is [Hf+4].[c-]1c(C2=CC=CC2)ccc2c1Cc1ccccc1-2. The molecular formula is C18H13Hf+3. The van der Waals surface area contributed by atoms with E-state index in [4.69, 9.17) is 0 Å². The largest absolute Gasteiger partial charge is 4.00 e. The minimum absolute atomic E-state index is 0. The molecule has 0 nitrogen and oxygen atoms in total. The zero-order valence-corrected chi connectivity index (χ0v) is 14.2. The molecule has 0 saturated carbocycles. The Labute approximate surface area is 132 Å². The van der Waals surface area contributed by atoms with Crippen molar-refractivity contribution in [2.45, 2.75) is 12.8 Å². The van der Waals surface area contributed by atoms with Gasteiger partial charge in [-0.05, 0) is 18.4 Å². The molecule has 0 heterocycles. The van der Waals surface area contributed by atoms with Gasteiger partial charge in [0.15, 0.2) is 0 Å². The first-order chi connectivity index (χ1) is 8.92. The topological polar surface area (TPSA) is 0 Å². The van der Waals surface area contributed by atoms with E-state index in [1.807, 2.05) is 0 Å². The Kier molecular flexibility index (Phi) is 3.40. The molecule has 4 rings (SSSR count). The average Bonchev–Trinajstić information content (AvgIpc) is 3.05. The van der Waals surface area contributed by atoms with Gasteiger partial charge in [-0.15, -0.1) is 41.0 Å². The molecule has 19 heavy (non-hydrogen) atoms. The molecule has 86 valence electrons. The van der Waals surface area contributed by atoms with Crippen molar-refractivity contribution >= 4 is 5.57 Å². The minimum atomic E-state index is 0. The van der Waals surface area contributed by atoms with Gasteiger partial charge in [0.1, 0.15) is 0 Å². The molecule has 0 aromatic heterocycles. The van der Waals surface area contributed by atoms with Crippen LogP contribution >= 0.6 is 0 Å². The molecule has 0 N–H and O–H groups in total. The second-order valence-corrected chi connectivity index (χ2v) is 4.92. The fourth-order valence-corrected chi connectivity index (χ4v) is 2.89. The van der Waals surface area contributed by atoms with Gasteiger partial charge >= 0.3 is 25.8 Å². The van der Waals surface area contributed by atoms with Crippen LogP contribution in [0.2, 0.25) is 0 Å². The summed E-state index contributed by atoms with van der Waals surface area (Å²) in [5.74, 6) is 0. The molecule has 0 aliphatic heterocycles. The van der Waals surface area contributed by atoms with Crippen LogP contribution in [0.5, 0.6) is 0 Å². The number of allylic oxidation sites excluding steroid dienone is 4. The molecule has 2 aromatic carbocycles. The van der Waals surface area contributed by atoms with Crippen molar-refractivity contribution in [1.29, 1.82) is 0 Å². The fraction of sp³-hybridized carbons (Fsp3) is 0.111. The number of rotatable bonds is 1. The standard InChI is InChI=1S/C18H13.Hf/c1-2-6-13(5-1)14-9-10-18-16(11-14)12-15-7-3-4-8-17(15)18;/h1-5,7-10H,6,12H2;/q-1;+4. The van der Waals surface area contributed by atoms with E-state index in [1.54, 1.807) is 0 Å². The minimum Gasteiger partial charge on any atom is -0.147 e. The summed E-state index contributed by atoms with van der Waals surface area (Å²) in [6.07, 6.45) is 8.60. The van der Waals surface area contributed by atoms with E-state index in [-0.39, 0.29) is 25.8 Å². The third-order valence-corrected chi connectivity index (χ3v) is 3.82. The van der Waals surface area contributed by atoms with Gasteiger partial charge in [-0.1, -0.05) is 47.5 Å². The molecule has 1 heteroatoms. The van der Waals surface area contributed by atoms with E-state index >= 15 is 0 Å². The Hall–Kier alpha value is -1.21. The fourth-order valence-electron chi connectivity index (χ4n) is 2.89. The first-order valence-corrected chi connectivity index (χ1v) is 6.41. The van der Waals surface area contributed by atoms with E-state index in [0.29, 0.717) is 0 Å². The van der Waals surface area contributed by atoms with Gasteiger partial charge in [-0.25, -0.2) is 0 Å². The van der Waals surface area contributed by atoms with Crippen LogP contribution < -0.4 is 0 Å². The normalized spacial score (nSPS) is 14.6. The zero-order valence-electron chi connectivity index (χ0n) is 10.6. The maximum Gasteiger partial charge on any atom is 4.00 e. The summed E-state index contributed by atoms with van der Waals surface area (Å²) in [5.41, 5.74) is 8.16. The van der Waals surface area contributed by atoms with Crippen molar-refractivity contribution in [3.8, 4) is 11.1 Å². The van der Waals surface area contributed by atoms with E-state index < -0.39 is 0 Å². The molecule has 2 aliphatic rings. The number of hydrogen-bond donors (Lipinski definition) is 0. The number of fused-ring (bicyclic) bond motifs is 3. The molecule has 0 saturated heterocycles. The zero-order chi connectivity index (χ0) is 11.9. The summed E-state index contributed by atoms with van der Waals surface area (Å²) in [6, 6.07) is 16.7. The monoisotopic (exact) mass is 409 g/mol. The molecule has 0 fully saturated rings. The second-order valence-electron chi connectivity index (χ2n) is 4.92. The molecule has 0 spiro atoms. The Morgan fingerprint density at radius 1 is 0.947 bits per heavy atom. The van der Waals surface area contributed by atoms with Crippen LogP contribution in [0.15, 0.2) is 54.6 Å². The van der Waals surface area contributed by atoms with E-state index in [0.717, 1.165) is 12.8 Å². The Morgan fingerprint density at radius 3 is 2.68 bits per heavy atom. The van der Waals surface area contributed by atoms with Gasteiger partial charge in [0.05, 0.1) is 0 Å². The third kappa shape index (κ3) is 2.10. The van der Waals surface area contributed by atoms with Crippen LogP contribution in [0.4, 0.5) is 0 Å². The summed E-state index contributed by atoms with van der Waals surface area (Å²) in [5, 5.41) is 0. The molecule has 0 unspecified atom stereocenters. The molecular weight excluding hydrogens is 395 g/mol. The predicted molar refractivity (Wildman–Crippen MR) is 75.3 cm³/mol. The summed E-state index contributed by atoms with van der Waals surface area (Å²) in [7, 11) is 0. The Morgan fingerprint density at radius 2 is 1.84 bits per heavy atom. The number of hydrogen-bond acceptors (Lipinski definition) is 0. The van der Waals surface area contributed by atoms with Crippen LogP contribution in [0, 0.1) is 6.07 Å². The Bertz CT molecular complexity index is 693. The van der Waals surface area contributed by atoms with Crippen molar-refractivity contribution in [3.63, 3.8) is 0 Å². The van der Waals surface area contributed by atoms with Crippen LogP contribution in [0.25, 0.3) is 16.7 Å². The summed E-state index contributed by atoms with van der Waals surface area (Å²) >= 11 is 0. The van der Waals surface area contributed by atoms with Crippen molar-refractivity contribution in [3.05, 3.63) is 77.4 Å². The molecule has 2 aromatic rings. The molecule has 0 amide bonds. The maximum absolute atomic E-state index is 3.61. The second kappa shape index (κ2) is 5.05. The molecule has 0 bridgehead atoms. The first-order valence-electron chi connectivity index (χ1n) is 6.41. The Balaban J connectivity index is 0.00000110. The predicted octanol–water partition coefficient (Wildman–Crippen LogP) is 4.40. The van der Waals surface area contributed by atoms with E-state index in [9.17, 15) is 0 Å². The van der Waals surface area contributed by atoms with Gasteiger partial charge in [-0.2, -0.15) is 0 Å². The van der Waals surface area contributed by atoms with Gasteiger partial charge < -0.3 is 0 Å². The first kappa shape index (κ1) is 12.8. The van der Waals surface area contributed by atoms with Crippen LogP contribution in [0.3, 0.4) is 0 Å². The third-order valence-electron chi connectivity index (χ3n) is 3.82. The summed E-state index contributed by atoms with van der Waals surface area (Å²) in [6.45, 7) is 0. The molecule has 0 radical (unpaired) electrons. The van der Waals surface area contributed by atoms with Crippen LogP contribution in [0.1, 0.15) is 23.1 Å². The van der Waals surface area contributed by atoms with Gasteiger partial charge in [0, 0.05) is 0 Å². The van der Waals surface area contributed by atoms with Gasteiger partial charge in [0.25, 0.3) is 0 Å². The maximum atomic E-state index is 3.61. The van der Waals surface area contributed by atoms with E-state index in [1.165, 1.54) is 33.4 Å². The van der Waals surface area contributed by atoms with Crippen molar-refractivity contribution in [1.82, 2.24) is 0 Å². The summed E-state index contributed by atoms with van der Waals surface area (Å²) < 4.78 is 0. The van der Waals surface area contributed by atoms with Crippen LogP contribution in [-0.2, 0) is 32.3 Å². The van der Waals surface area contributed by atoms with Crippen molar-refractivity contribution < 1.29 is 25.8 Å². The quantitative estimate of drug-likeness (QED) is 0.414. The smallest absolute Gasteiger partial charge is 0.147 e. The van der Waals surface area contributed by atoms with Crippen LogP contribution in [-0.4, -0.2) is 0 Å². The average molecular weight is 408 g/mol. The van der Waals surface area contributed by atoms with Gasteiger partial charge in [0.2, 0.25) is 0 Å². The molecule has 0 atom stereocenters. The van der Waals surface area contributed by atoms with Crippen molar-refractivity contribution in [2.24, 2.45) is 0 Å². The van der Waals surface area contributed by atoms with Crippen molar-refractivity contribution in [2.75, 3.05) is 0 Å². The van der Waals surface area contributed by atoms with Gasteiger partial charge in [-0.3, -0.25) is 0 Å². The summed E-state index contributed by atoms with van der Waals surface area (Å²) in [4.78, 5) is 0. The van der Waals surface area contributed by atoms with E-state index in [2.05, 4.69) is 60.7 Å².